The van der Waals surface area contributed by atoms with Gasteiger partial charge in [-0.2, -0.15) is 0 Å². The van der Waals surface area contributed by atoms with E-state index in [-0.39, 0.29) is 23.3 Å². The van der Waals surface area contributed by atoms with E-state index in [1.165, 1.54) is 18.9 Å². The van der Waals surface area contributed by atoms with E-state index in [1.54, 1.807) is 12.1 Å². The van der Waals surface area contributed by atoms with E-state index in [1.807, 2.05) is 0 Å². The summed E-state index contributed by atoms with van der Waals surface area (Å²) in [6, 6.07) is 5.18. The zero-order valence-electron chi connectivity index (χ0n) is 13.1. The first-order chi connectivity index (χ1) is 9.93. The molecule has 1 aliphatic carbocycles. The number of nitrogens with zero attached hydrogens (tertiary/aromatic N) is 2. The predicted molar refractivity (Wildman–Crippen MR) is 83.9 cm³/mol. The normalized spacial score (nSPS) is 26.7. The maximum Gasteiger partial charge on any atom is 0.125 e. The van der Waals surface area contributed by atoms with Gasteiger partial charge in [0.15, 0.2) is 0 Å². The molecule has 1 aliphatic rings. The minimum absolute atomic E-state index is 0.116. The van der Waals surface area contributed by atoms with Crippen molar-refractivity contribution in [3.8, 4) is 0 Å². The molecule has 0 amide bonds. The van der Waals surface area contributed by atoms with Crippen molar-refractivity contribution < 1.29 is 4.39 Å². The van der Waals surface area contributed by atoms with Crippen LogP contribution in [-0.4, -0.2) is 15.6 Å². The molecule has 0 radical (unpaired) electrons. The minimum Gasteiger partial charge on any atom is -0.327 e. The van der Waals surface area contributed by atoms with E-state index in [2.05, 4.69) is 25.3 Å². The second kappa shape index (κ2) is 5.09. The average Bonchev–Trinajstić information content (AvgIpc) is 2.81. The quantitative estimate of drug-likeness (QED) is 0.910. The molecule has 2 atom stereocenters. The predicted octanol–water partition coefficient (Wildman–Crippen LogP) is 3.92. The standard InChI is InChI=1S/C17H24FN3/c1-11(2)21-14-10-12(18)7-8-13(14)20-16(21)17(3)9-5-4-6-15(17)19/h7-8,10-11,15H,4-6,9,19H2,1-3H3. The Morgan fingerprint density at radius 3 is 2.81 bits per heavy atom. The molecule has 0 spiro atoms. The summed E-state index contributed by atoms with van der Waals surface area (Å²) in [7, 11) is 0. The van der Waals surface area contributed by atoms with Gasteiger partial charge < -0.3 is 10.3 Å². The number of benzene rings is 1. The number of hydrogen-bond donors (Lipinski definition) is 1. The summed E-state index contributed by atoms with van der Waals surface area (Å²) in [5.74, 6) is 0.805. The van der Waals surface area contributed by atoms with E-state index in [0.717, 1.165) is 29.7 Å². The van der Waals surface area contributed by atoms with E-state index in [0.29, 0.717) is 0 Å². The number of nitrogens with two attached hydrogens (primary N) is 1. The van der Waals surface area contributed by atoms with Gasteiger partial charge in [-0.05, 0) is 44.9 Å². The van der Waals surface area contributed by atoms with Crippen molar-refractivity contribution in [1.82, 2.24) is 9.55 Å². The Morgan fingerprint density at radius 2 is 2.14 bits per heavy atom. The van der Waals surface area contributed by atoms with Crippen LogP contribution in [0.5, 0.6) is 0 Å². The Balaban J connectivity index is 2.24. The Kier molecular flexibility index (Phi) is 3.52. The first kappa shape index (κ1) is 14.5. The summed E-state index contributed by atoms with van der Waals surface area (Å²) < 4.78 is 15.8. The first-order valence-corrected chi connectivity index (χ1v) is 7.87. The van der Waals surface area contributed by atoms with Gasteiger partial charge in [0.2, 0.25) is 0 Å². The van der Waals surface area contributed by atoms with Gasteiger partial charge in [-0.1, -0.05) is 19.8 Å². The molecule has 0 bridgehead atoms. The van der Waals surface area contributed by atoms with Crippen molar-refractivity contribution in [1.29, 1.82) is 0 Å². The minimum atomic E-state index is -0.214. The smallest absolute Gasteiger partial charge is 0.125 e. The second-order valence-electron chi connectivity index (χ2n) is 6.80. The van der Waals surface area contributed by atoms with Crippen molar-refractivity contribution in [2.24, 2.45) is 5.73 Å². The fourth-order valence-corrected chi connectivity index (χ4v) is 3.63. The molecule has 21 heavy (non-hydrogen) atoms. The van der Waals surface area contributed by atoms with Gasteiger partial charge in [0, 0.05) is 17.5 Å². The molecule has 114 valence electrons. The summed E-state index contributed by atoms with van der Waals surface area (Å²) >= 11 is 0. The molecular weight excluding hydrogens is 265 g/mol. The van der Waals surface area contributed by atoms with Crippen LogP contribution in [-0.2, 0) is 5.41 Å². The number of hydrogen-bond acceptors (Lipinski definition) is 2. The average molecular weight is 289 g/mol. The van der Waals surface area contributed by atoms with Crippen LogP contribution in [0.4, 0.5) is 4.39 Å². The molecule has 0 saturated heterocycles. The number of rotatable bonds is 2. The maximum atomic E-state index is 13.6. The Labute approximate surface area is 125 Å². The van der Waals surface area contributed by atoms with Crippen molar-refractivity contribution >= 4 is 11.0 Å². The lowest BCUT2D eigenvalue weighted by Gasteiger charge is -2.39. The highest BCUT2D eigenvalue weighted by molar-refractivity contribution is 5.76. The van der Waals surface area contributed by atoms with E-state index in [4.69, 9.17) is 10.7 Å². The molecule has 3 nitrogen and oxygen atoms in total. The molecule has 4 heteroatoms. The number of halogens is 1. The van der Waals surface area contributed by atoms with Crippen LogP contribution in [0.25, 0.3) is 11.0 Å². The van der Waals surface area contributed by atoms with E-state index >= 15 is 0 Å². The third-order valence-corrected chi connectivity index (χ3v) is 4.96. The lowest BCUT2D eigenvalue weighted by molar-refractivity contribution is 0.249. The van der Waals surface area contributed by atoms with Gasteiger partial charge in [-0.15, -0.1) is 0 Å². The largest absolute Gasteiger partial charge is 0.327 e. The SMILES string of the molecule is CC(C)n1c(C2(C)CCCCC2N)nc2ccc(F)cc21. The van der Waals surface area contributed by atoms with Crippen LogP contribution >= 0.6 is 0 Å². The molecule has 2 aromatic rings. The van der Waals surface area contributed by atoms with Gasteiger partial charge >= 0.3 is 0 Å². The van der Waals surface area contributed by atoms with Gasteiger partial charge in [0.05, 0.1) is 11.0 Å². The molecule has 2 N–H and O–H groups in total. The van der Waals surface area contributed by atoms with Crippen LogP contribution < -0.4 is 5.73 Å². The summed E-state index contributed by atoms with van der Waals surface area (Å²) in [6.45, 7) is 6.45. The summed E-state index contributed by atoms with van der Waals surface area (Å²) in [5, 5.41) is 0. The van der Waals surface area contributed by atoms with Crippen LogP contribution in [0.2, 0.25) is 0 Å². The van der Waals surface area contributed by atoms with Crippen molar-refractivity contribution in [2.45, 2.75) is 64.0 Å². The third kappa shape index (κ3) is 2.26. The number of fused-ring (bicyclic) bond motifs is 1. The van der Waals surface area contributed by atoms with Crippen LogP contribution in [0.15, 0.2) is 18.2 Å². The topological polar surface area (TPSA) is 43.8 Å². The maximum absolute atomic E-state index is 13.6. The van der Waals surface area contributed by atoms with Gasteiger partial charge in [0.1, 0.15) is 11.6 Å². The number of imidazole rings is 1. The Hall–Kier alpha value is -1.42. The van der Waals surface area contributed by atoms with Crippen LogP contribution in [0.3, 0.4) is 0 Å². The fraction of sp³-hybridized carbons (Fsp3) is 0.588. The monoisotopic (exact) mass is 289 g/mol. The van der Waals surface area contributed by atoms with Gasteiger partial charge in [-0.3, -0.25) is 0 Å². The highest BCUT2D eigenvalue weighted by Crippen LogP contribution is 2.40. The zero-order chi connectivity index (χ0) is 15.2. The molecule has 2 unspecified atom stereocenters. The van der Waals surface area contributed by atoms with Crippen molar-refractivity contribution in [3.05, 3.63) is 29.8 Å². The molecule has 0 aliphatic heterocycles. The highest BCUT2D eigenvalue weighted by atomic mass is 19.1. The Morgan fingerprint density at radius 1 is 1.38 bits per heavy atom. The lowest BCUT2D eigenvalue weighted by atomic mass is 9.71. The van der Waals surface area contributed by atoms with Crippen LogP contribution in [0, 0.1) is 5.82 Å². The van der Waals surface area contributed by atoms with Crippen LogP contribution in [0.1, 0.15) is 58.3 Å². The lowest BCUT2D eigenvalue weighted by Crippen LogP contribution is -2.47. The number of aromatic nitrogens is 2. The molecule has 1 aromatic heterocycles. The molecule has 1 heterocycles. The van der Waals surface area contributed by atoms with Crippen molar-refractivity contribution in [2.75, 3.05) is 0 Å². The Bertz CT molecular complexity index is 661. The van der Waals surface area contributed by atoms with Gasteiger partial charge in [0.25, 0.3) is 0 Å². The van der Waals surface area contributed by atoms with E-state index < -0.39 is 0 Å². The summed E-state index contributed by atoms with van der Waals surface area (Å²) in [6.07, 6.45) is 4.45. The third-order valence-electron chi connectivity index (χ3n) is 4.96. The van der Waals surface area contributed by atoms with Crippen molar-refractivity contribution in [3.63, 3.8) is 0 Å². The summed E-state index contributed by atoms with van der Waals surface area (Å²) in [5.41, 5.74) is 8.05. The molecule has 1 saturated carbocycles. The fourth-order valence-electron chi connectivity index (χ4n) is 3.63. The molecular formula is C17H24FN3. The highest BCUT2D eigenvalue weighted by Gasteiger charge is 2.40. The summed E-state index contributed by atoms with van der Waals surface area (Å²) in [4.78, 5) is 4.84. The van der Waals surface area contributed by atoms with E-state index in [9.17, 15) is 4.39 Å². The molecule has 1 aromatic carbocycles. The first-order valence-electron chi connectivity index (χ1n) is 7.87. The van der Waals surface area contributed by atoms with Gasteiger partial charge in [-0.25, -0.2) is 9.37 Å². The molecule has 1 fully saturated rings. The second-order valence-corrected chi connectivity index (χ2v) is 6.80. The molecule has 3 rings (SSSR count). The zero-order valence-corrected chi connectivity index (χ0v) is 13.1.